The summed E-state index contributed by atoms with van der Waals surface area (Å²) in [5.74, 6) is -1.17. The summed E-state index contributed by atoms with van der Waals surface area (Å²) in [7, 11) is 0. The maximum absolute atomic E-state index is 13.7. The molecule has 3 rings (SSSR count). The second-order valence-corrected chi connectivity index (χ2v) is 7.69. The number of rotatable bonds is 6. The number of ether oxygens (including phenoxy) is 1. The van der Waals surface area contributed by atoms with Crippen LogP contribution < -0.4 is 10.6 Å². The van der Waals surface area contributed by atoms with Gasteiger partial charge in [-0.15, -0.1) is 11.8 Å². The van der Waals surface area contributed by atoms with E-state index in [0.29, 0.717) is 0 Å². The third-order valence-electron chi connectivity index (χ3n) is 4.88. The smallest absolute Gasteiger partial charge is 0.319 e. The highest BCUT2D eigenvalue weighted by atomic mass is 32.2. The third-order valence-corrected chi connectivity index (χ3v) is 5.63. The molecule has 0 heterocycles. The minimum Gasteiger partial charge on any atom is -0.373 e. The normalized spacial score (nSPS) is 19.2. The number of urea groups is 1. The molecule has 150 valence electrons. The van der Waals surface area contributed by atoms with Crippen molar-refractivity contribution in [3.63, 3.8) is 0 Å². The molecule has 1 saturated carbocycles. The van der Waals surface area contributed by atoms with Crippen molar-refractivity contribution in [1.29, 1.82) is 0 Å². The Morgan fingerprint density at radius 2 is 1.71 bits per heavy atom. The first-order valence-electron chi connectivity index (χ1n) is 9.31. The van der Waals surface area contributed by atoms with Gasteiger partial charge in [0.2, 0.25) is 0 Å². The number of carbonyl (C=O) groups excluding carboxylic acids is 1. The minimum absolute atomic E-state index is 0.0328. The fraction of sp³-hybridized carbons (Fsp3) is 0.381. The summed E-state index contributed by atoms with van der Waals surface area (Å²) in [6, 6.07) is 11.3. The first kappa shape index (κ1) is 20.6. The van der Waals surface area contributed by atoms with Crippen LogP contribution in [0.2, 0.25) is 0 Å². The van der Waals surface area contributed by atoms with E-state index in [1.54, 1.807) is 11.8 Å². The van der Waals surface area contributed by atoms with Gasteiger partial charge in [0.05, 0.1) is 12.7 Å². The predicted molar refractivity (Wildman–Crippen MR) is 108 cm³/mol. The zero-order valence-corrected chi connectivity index (χ0v) is 16.5. The molecule has 1 aliphatic carbocycles. The van der Waals surface area contributed by atoms with E-state index >= 15 is 0 Å². The van der Waals surface area contributed by atoms with Crippen LogP contribution in [0.4, 0.5) is 19.3 Å². The molecule has 7 heteroatoms. The van der Waals surface area contributed by atoms with Crippen molar-refractivity contribution < 1.29 is 18.3 Å². The fourth-order valence-corrected chi connectivity index (χ4v) is 3.68. The van der Waals surface area contributed by atoms with Crippen LogP contribution >= 0.6 is 11.8 Å². The molecule has 28 heavy (non-hydrogen) atoms. The van der Waals surface area contributed by atoms with Gasteiger partial charge in [-0.2, -0.15) is 0 Å². The molecule has 2 aromatic rings. The van der Waals surface area contributed by atoms with Gasteiger partial charge in [-0.1, -0.05) is 6.07 Å². The first-order valence-corrected chi connectivity index (χ1v) is 10.5. The maximum Gasteiger partial charge on any atom is 0.319 e. The summed E-state index contributed by atoms with van der Waals surface area (Å²) >= 11 is 1.65. The zero-order valence-electron chi connectivity index (χ0n) is 15.7. The standard InChI is InChI=1S/C21H24F2N2O2S/c1-28-17-11-7-15(8-12-17)25-21(26)24-14-5-9-16(10-6-14)27-13-18-19(22)3-2-4-20(18)23/h2-4,7-8,11-12,14,16H,5-6,9-10,13H2,1H3,(H2,24,25,26). The number of halogens is 2. The monoisotopic (exact) mass is 406 g/mol. The molecule has 4 nitrogen and oxygen atoms in total. The quantitative estimate of drug-likeness (QED) is 0.637. The highest BCUT2D eigenvalue weighted by molar-refractivity contribution is 7.98. The maximum atomic E-state index is 13.7. The second kappa shape index (κ2) is 9.89. The molecule has 2 amide bonds. The van der Waals surface area contributed by atoms with E-state index in [1.807, 2.05) is 30.5 Å². The van der Waals surface area contributed by atoms with Gasteiger partial charge in [-0.25, -0.2) is 13.6 Å². The number of carbonyl (C=O) groups is 1. The topological polar surface area (TPSA) is 50.4 Å². The van der Waals surface area contributed by atoms with Crippen LogP contribution in [0.5, 0.6) is 0 Å². The number of benzene rings is 2. The van der Waals surface area contributed by atoms with Crippen LogP contribution in [-0.4, -0.2) is 24.4 Å². The lowest BCUT2D eigenvalue weighted by molar-refractivity contribution is 0.00964. The molecule has 0 saturated heterocycles. The van der Waals surface area contributed by atoms with Crippen molar-refractivity contribution in [2.75, 3.05) is 11.6 Å². The van der Waals surface area contributed by atoms with Gasteiger partial charge >= 0.3 is 6.03 Å². The summed E-state index contributed by atoms with van der Waals surface area (Å²) in [6.45, 7) is -0.0756. The Morgan fingerprint density at radius 1 is 1.07 bits per heavy atom. The molecule has 1 aliphatic rings. The molecule has 0 spiro atoms. The van der Waals surface area contributed by atoms with Crippen molar-refractivity contribution in [2.45, 2.75) is 49.3 Å². The molecule has 0 radical (unpaired) electrons. The number of hydrogen-bond donors (Lipinski definition) is 2. The van der Waals surface area contributed by atoms with Crippen LogP contribution in [0.1, 0.15) is 31.2 Å². The number of hydrogen-bond acceptors (Lipinski definition) is 3. The van der Waals surface area contributed by atoms with Gasteiger partial charge in [0, 0.05) is 22.2 Å². The Morgan fingerprint density at radius 3 is 2.32 bits per heavy atom. The molecule has 0 unspecified atom stereocenters. The minimum atomic E-state index is -0.586. The van der Waals surface area contributed by atoms with Crippen molar-refractivity contribution >= 4 is 23.5 Å². The number of amides is 2. The van der Waals surface area contributed by atoms with Gasteiger partial charge in [0.25, 0.3) is 0 Å². The van der Waals surface area contributed by atoms with Gasteiger partial charge in [0.1, 0.15) is 11.6 Å². The molecular formula is C21H24F2N2O2S. The average molecular weight is 406 g/mol. The highest BCUT2D eigenvalue weighted by Gasteiger charge is 2.23. The first-order chi connectivity index (χ1) is 13.5. The van der Waals surface area contributed by atoms with Gasteiger partial charge in [-0.3, -0.25) is 0 Å². The Kier molecular flexibility index (Phi) is 7.28. The second-order valence-electron chi connectivity index (χ2n) is 6.81. The number of thioether (sulfide) groups is 1. The van der Waals surface area contributed by atoms with E-state index < -0.39 is 11.6 Å². The summed E-state index contributed by atoms with van der Waals surface area (Å²) in [5.41, 5.74) is 0.717. The van der Waals surface area contributed by atoms with Crippen LogP contribution in [-0.2, 0) is 11.3 Å². The van der Waals surface area contributed by atoms with Crippen LogP contribution in [0.15, 0.2) is 47.4 Å². The molecule has 0 aliphatic heterocycles. The van der Waals surface area contributed by atoms with Crippen molar-refractivity contribution in [1.82, 2.24) is 5.32 Å². The molecular weight excluding hydrogens is 382 g/mol. The van der Waals surface area contributed by atoms with Crippen molar-refractivity contribution in [3.8, 4) is 0 Å². The average Bonchev–Trinajstić information content (AvgIpc) is 2.69. The molecule has 0 aromatic heterocycles. The summed E-state index contributed by atoms with van der Waals surface area (Å²) in [5, 5.41) is 5.81. The lowest BCUT2D eigenvalue weighted by Crippen LogP contribution is -2.41. The Hall–Kier alpha value is -2.12. The molecule has 1 fully saturated rings. The number of anilines is 1. The Labute approximate surface area is 168 Å². The SMILES string of the molecule is CSc1ccc(NC(=O)NC2CCC(OCc3c(F)cccc3F)CC2)cc1. The van der Waals surface area contributed by atoms with E-state index in [2.05, 4.69) is 10.6 Å². The van der Waals surface area contributed by atoms with Crippen molar-refractivity contribution in [2.24, 2.45) is 0 Å². The summed E-state index contributed by atoms with van der Waals surface area (Å²) in [6.07, 6.45) is 4.96. The zero-order chi connectivity index (χ0) is 19.9. The van der Waals surface area contributed by atoms with E-state index in [4.69, 9.17) is 4.74 Å². The largest absolute Gasteiger partial charge is 0.373 e. The van der Waals surface area contributed by atoms with Crippen LogP contribution in [0.3, 0.4) is 0 Å². The Balaban J connectivity index is 1.40. The fourth-order valence-electron chi connectivity index (χ4n) is 3.27. The number of nitrogens with one attached hydrogen (secondary N) is 2. The predicted octanol–water partition coefficient (Wildman–Crippen LogP) is 5.34. The van der Waals surface area contributed by atoms with Gasteiger partial charge in [-0.05, 0) is 68.3 Å². The van der Waals surface area contributed by atoms with Crippen LogP contribution in [0.25, 0.3) is 0 Å². The van der Waals surface area contributed by atoms with E-state index in [1.165, 1.54) is 18.2 Å². The van der Waals surface area contributed by atoms with Crippen molar-refractivity contribution in [3.05, 3.63) is 59.7 Å². The molecule has 0 bridgehead atoms. The molecule has 0 atom stereocenters. The Bertz CT molecular complexity index is 773. The van der Waals surface area contributed by atoms with Crippen LogP contribution in [0, 0.1) is 11.6 Å². The van der Waals surface area contributed by atoms with E-state index in [0.717, 1.165) is 36.3 Å². The third kappa shape index (κ3) is 5.69. The summed E-state index contributed by atoms with van der Waals surface area (Å²) < 4.78 is 33.0. The highest BCUT2D eigenvalue weighted by Crippen LogP contribution is 2.24. The van der Waals surface area contributed by atoms with E-state index in [9.17, 15) is 13.6 Å². The lowest BCUT2D eigenvalue weighted by atomic mass is 9.93. The lowest BCUT2D eigenvalue weighted by Gasteiger charge is -2.29. The summed E-state index contributed by atoms with van der Waals surface area (Å²) in [4.78, 5) is 13.3. The van der Waals surface area contributed by atoms with Gasteiger partial charge < -0.3 is 15.4 Å². The molecule has 2 aromatic carbocycles. The van der Waals surface area contributed by atoms with E-state index in [-0.39, 0.29) is 30.3 Å². The van der Waals surface area contributed by atoms with Gasteiger partial charge in [0.15, 0.2) is 0 Å². The molecule has 2 N–H and O–H groups in total.